The molecule has 0 unspecified atom stereocenters. The Kier molecular flexibility index (Phi) is 7.92. The molecule has 1 saturated heterocycles. The number of nitrogens with zero attached hydrogens (tertiary/aromatic N) is 2. The lowest BCUT2D eigenvalue weighted by atomic mass is 10.1. The van der Waals surface area contributed by atoms with Crippen LogP contribution in [-0.4, -0.2) is 49.9 Å². The van der Waals surface area contributed by atoms with Crippen molar-refractivity contribution in [3.8, 4) is 5.75 Å². The van der Waals surface area contributed by atoms with Gasteiger partial charge in [-0.25, -0.2) is 40.3 Å². The molecule has 4 aromatic rings. The molecule has 1 aromatic heterocycles. The summed E-state index contributed by atoms with van der Waals surface area (Å²) in [6.07, 6.45) is 1.59. The number of sulfone groups is 1. The maximum absolute atomic E-state index is 14.8. The van der Waals surface area contributed by atoms with Crippen LogP contribution in [-0.2, 0) is 14.6 Å². The highest BCUT2D eigenvalue weighted by atomic mass is 35.5. The van der Waals surface area contributed by atoms with E-state index in [1.165, 1.54) is 30.6 Å². The minimum absolute atomic E-state index is 0.0369. The Bertz CT molecular complexity index is 1860. The SMILES string of the molecule is CS(=O)(=O)c1c(F)c(F)c(F)c(F)c1C(=O)Nc1cc2c(Nc3ccc(F)c(Cl)c3)ncnc2cc1O[C@H]1CCOC1. The summed E-state index contributed by atoms with van der Waals surface area (Å²) in [6.45, 7) is 0.571. The van der Waals surface area contributed by atoms with E-state index in [1.807, 2.05) is 0 Å². The van der Waals surface area contributed by atoms with Gasteiger partial charge in [0.2, 0.25) is 0 Å². The summed E-state index contributed by atoms with van der Waals surface area (Å²) in [7, 11) is -4.77. The number of halogens is 6. The molecular weight excluding hydrogens is 611 g/mol. The Morgan fingerprint density at radius 2 is 1.79 bits per heavy atom. The van der Waals surface area contributed by atoms with E-state index in [-0.39, 0.29) is 39.8 Å². The minimum Gasteiger partial charge on any atom is -0.486 e. The summed E-state index contributed by atoms with van der Waals surface area (Å²) in [5.74, 6) is -11.4. The number of anilines is 3. The van der Waals surface area contributed by atoms with Gasteiger partial charge in [-0.3, -0.25) is 4.79 Å². The number of hydrogen-bond acceptors (Lipinski definition) is 8. The van der Waals surface area contributed by atoms with Gasteiger partial charge in [-0.15, -0.1) is 0 Å². The molecule has 42 heavy (non-hydrogen) atoms. The van der Waals surface area contributed by atoms with E-state index >= 15 is 0 Å². The molecule has 0 aliphatic carbocycles. The van der Waals surface area contributed by atoms with Gasteiger partial charge in [0.1, 0.15) is 40.3 Å². The first-order valence-corrected chi connectivity index (χ1v) is 14.2. The number of nitrogens with one attached hydrogen (secondary N) is 2. The normalized spacial score (nSPS) is 15.2. The number of hydrogen-bond donors (Lipinski definition) is 2. The molecule has 1 aliphatic heterocycles. The number of fused-ring (bicyclic) bond motifs is 1. The highest BCUT2D eigenvalue weighted by Crippen LogP contribution is 2.36. The van der Waals surface area contributed by atoms with Crippen molar-refractivity contribution in [3.63, 3.8) is 0 Å². The van der Waals surface area contributed by atoms with Crippen molar-refractivity contribution < 1.29 is 44.6 Å². The third-order valence-corrected chi connectivity index (χ3v) is 7.59. The van der Waals surface area contributed by atoms with Gasteiger partial charge in [-0.2, -0.15) is 0 Å². The van der Waals surface area contributed by atoms with Gasteiger partial charge in [0.15, 0.2) is 33.1 Å². The van der Waals surface area contributed by atoms with Gasteiger partial charge in [-0.05, 0) is 24.3 Å². The monoisotopic (exact) mass is 628 g/mol. The second kappa shape index (κ2) is 11.3. The first-order chi connectivity index (χ1) is 19.8. The maximum Gasteiger partial charge on any atom is 0.260 e. The second-order valence-electron chi connectivity index (χ2n) is 9.13. The summed E-state index contributed by atoms with van der Waals surface area (Å²) >= 11 is 5.86. The Hall–Kier alpha value is -4.08. The molecule has 1 atom stereocenters. The van der Waals surface area contributed by atoms with Gasteiger partial charge in [-0.1, -0.05) is 11.6 Å². The third kappa shape index (κ3) is 5.67. The Labute approximate surface area is 239 Å². The number of benzene rings is 3. The van der Waals surface area contributed by atoms with Crippen molar-refractivity contribution in [3.05, 3.63) is 76.3 Å². The molecule has 2 N–H and O–H groups in total. The number of ether oxygens (including phenoxy) is 2. The molecule has 0 radical (unpaired) electrons. The molecule has 9 nitrogen and oxygen atoms in total. The number of aromatic nitrogens is 2. The zero-order valence-corrected chi connectivity index (χ0v) is 22.8. The van der Waals surface area contributed by atoms with Crippen LogP contribution in [0.1, 0.15) is 16.8 Å². The van der Waals surface area contributed by atoms with Crippen molar-refractivity contribution in [2.75, 3.05) is 30.1 Å². The second-order valence-corrected chi connectivity index (χ2v) is 11.5. The van der Waals surface area contributed by atoms with Gasteiger partial charge in [0.05, 0.1) is 29.4 Å². The molecule has 3 aromatic carbocycles. The number of rotatable bonds is 7. The number of carbonyl (C=O) groups excluding carboxylic acids is 1. The van der Waals surface area contributed by atoms with Crippen LogP contribution in [0.2, 0.25) is 5.02 Å². The predicted octanol–water partition coefficient (Wildman–Crippen LogP) is 5.55. The molecule has 5 rings (SSSR count). The van der Waals surface area contributed by atoms with Crippen LogP contribution in [0.5, 0.6) is 5.75 Å². The molecular formula is C26H18ClF5N4O5S. The van der Waals surface area contributed by atoms with Crippen molar-refractivity contribution in [2.45, 2.75) is 17.4 Å². The summed E-state index contributed by atoms with van der Waals surface area (Å²) in [6, 6.07) is 6.44. The molecule has 0 saturated carbocycles. The maximum atomic E-state index is 14.8. The van der Waals surface area contributed by atoms with Crippen molar-refractivity contribution in [2.24, 2.45) is 0 Å². The summed E-state index contributed by atoms with van der Waals surface area (Å²) < 4.78 is 107. The van der Waals surface area contributed by atoms with Crippen molar-refractivity contribution in [1.82, 2.24) is 9.97 Å². The zero-order chi connectivity index (χ0) is 30.3. The number of amides is 1. The summed E-state index contributed by atoms with van der Waals surface area (Å²) in [4.78, 5) is 19.9. The van der Waals surface area contributed by atoms with Crippen LogP contribution in [0.4, 0.5) is 39.1 Å². The summed E-state index contributed by atoms with van der Waals surface area (Å²) in [5, 5.41) is 5.18. The minimum atomic E-state index is -4.77. The van der Waals surface area contributed by atoms with Crippen LogP contribution >= 0.6 is 11.6 Å². The van der Waals surface area contributed by atoms with Crippen LogP contribution < -0.4 is 15.4 Å². The fraction of sp³-hybridized carbons (Fsp3) is 0.192. The van der Waals surface area contributed by atoms with E-state index in [9.17, 15) is 35.2 Å². The fourth-order valence-electron chi connectivity index (χ4n) is 4.22. The molecule has 220 valence electrons. The van der Waals surface area contributed by atoms with Crippen LogP contribution in [0, 0.1) is 29.1 Å². The third-order valence-electron chi connectivity index (χ3n) is 6.17. The highest BCUT2D eigenvalue weighted by molar-refractivity contribution is 7.90. The van der Waals surface area contributed by atoms with E-state index in [4.69, 9.17) is 21.1 Å². The molecule has 1 aliphatic rings. The summed E-state index contributed by atoms with van der Waals surface area (Å²) in [5.41, 5.74) is -1.19. The van der Waals surface area contributed by atoms with Crippen molar-refractivity contribution in [1.29, 1.82) is 0 Å². The van der Waals surface area contributed by atoms with Gasteiger partial charge < -0.3 is 20.1 Å². The van der Waals surface area contributed by atoms with Crippen LogP contribution in [0.25, 0.3) is 10.9 Å². The first kappa shape index (κ1) is 29.4. The van der Waals surface area contributed by atoms with Gasteiger partial charge in [0.25, 0.3) is 5.91 Å². The topological polar surface area (TPSA) is 120 Å². The number of carbonyl (C=O) groups is 1. The van der Waals surface area contributed by atoms with E-state index in [0.717, 1.165) is 6.07 Å². The molecule has 1 fully saturated rings. The molecule has 16 heteroatoms. The van der Waals surface area contributed by atoms with Crippen molar-refractivity contribution >= 4 is 55.4 Å². The van der Waals surface area contributed by atoms with Gasteiger partial charge in [0, 0.05) is 29.8 Å². The van der Waals surface area contributed by atoms with Crippen LogP contribution in [0.3, 0.4) is 0 Å². The lowest BCUT2D eigenvalue weighted by molar-refractivity contribution is 0.101. The Balaban J connectivity index is 1.63. The van der Waals surface area contributed by atoms with E-state index < -0.39 is 61.4 Å². The smallest absolute Gasteiger partial charge is 0.260 e. The predicted molar refractivity (Wildman–Crippen MR) is 141 cm³/mol. The average Bonchev–Trinajstić information content (AvgIpc) is 3.44. The zero-order valence-electron chi connectivity index (χ0n) is 21.3. The molecule has 2 heterocycles. The quantitative estimate of drug-likeness (QED) is 0.118. The fourth-order valence-corrected chi connectivity index (χ4v) is 5.37. The Morgan fingerprint density at radius 3 is 2.45 bits per heavy atom. The molecule has 0 bridgehead atoms. The lowest BCUT2D eigenvalue weighted by Crippen LogP contribution is -2.23. The van der Waals surface area contributed by atoms with E-state index in [1.54, 1.807) is 0 Å². The van der Waals surface area contributed by atoms with E-state index in [2.05, 4.69) is 20.6 Å². The van der Waals surface area contributed by atoms with E-state index in [0.29, 0.717) is 25.0 Å². The standard InChI is InChI=1S/C26H18ClF5N4O5S/c1-42(38,39)24-19(20(29)21(30)22(31)23(24)32)26(37)36-17-7-13-16(8-18(17)41-12-4-5-40-9-12)33-10-34-25(13)35-11-2-3-15(28)14(27)6-11/h2-3,6-8,10,12H,4-5,9H2,1H3,(H,36,37)(H,33,34,35)/t12-/m0/s1. The molecule has 1 amide bonds. The highest BCUT2D eigenvalue weighted by Gasteiger charge is 2.34. The first-order valence-electron chi connectivity index (χ1n) is 12.0. The lowest BCUT2D eigenvalue weighted by Gasteiger charge is -2.19. The Morgan fingerprint density at radius 1 is 1.05 bits per heavy atom. The largest absolute Gasteiger partial charge is 0.486 e. The molecule has 0 spiro atoms. The van der Waals surface area contributed by atoms with Gasteiger partial charge >= 0.3 is 0 Å². The average molecular weight is 629 g/mol. The van der Waals surface area contributed by atoms with Crippen LogP contribution in [0.15, 0.2) is 41.6 Å².